The van der Waals surface area contributed by atoms with Crippen molar-refractivity contribution in [1.82, 2.24) is 20.0 Å². The molecule has 2 aromatic heterocycles. The fourth-order valence-corrected chi connectivity index (χ4v) is 2.69. The van der Waals surface area contributed by atoms with Gasteiger partial charge in [-0.25, -0.2) is 4.79 Å². The Labute approximate surface area is 141 Å². The molecule has 7 nitrogen and oxygen atoms in total. The van der Waals surface area contributed by atoms with Gasteiger partial charge in [-0.3, -0.25) is 4.98 Å². The van der Waals surface area contributed by atoms with Crippen molar-refractivity contribution in [2.45, 2.75) is 45.1 Å². The first-order chi connectivity index (χ1) is 11.4. The number of ether oxygens (including phenoxy) is 1. The van der Waals surface area contributed by atoms with Crippen molar-refractivity contribution in [3.05, 3.63) is 30.4 Å². The van der Waals surface area contributed by atoms with E-state index in [-0.39, 0.29) is 12.0 Å². The summed E-state index contributed by atoms with van der Waals surface area (Å²) in [6, 6.07) is 3.67. The number of rotatable bonds is 2. The first-order valence-electron chi connectivity index (χ1n) is 8.14. The Kier molecular flexibility index (Phi) is 4.51. The predicted molar refractivity (Wildman–Crippen MR) is 87.3 cm³/mol. The van der Waals surface area contributed by atoms with E-state index >= 15 is 0 Å². The molecule has 0 saturated carbocycles. The second-order valence-corrected chi connectivity index (χ2v) is 6.96. The van der Waals surface area contributed by atoms with Crippen LogP contribution in [-0.4, -0.2) is 44.8 Å². The molecule has 2 aromatic rings. The maximum atomic E-state index is 12.2. The van der Waals surface area contributed by atoms with E-state index in [0.717, 1.165) is 18.4 Å². The van der Waals surface area contributed by atoms with Gasteiger partial charge in [0.1, 0.15) is 5.60 Å². The Morgan fingerprint density at radius 1 is 1.33 bits per heavy atom. The number of hydrogen-bond acceptors (Lipinski definition) is 6. The van der Waals surface area contributed by atoms with Crippen LogP contribution in [0.2, 0.25) is 0 Å². The van der Waals surface area contributed by atoms with Crippen LogP contribution in [0.15, 0.2) is 29.0 Å². The van der Waals surface area contributed by atoms with E-state index in [4.69, 9.17) is 9.26 Å². The maximum absolute atomic E-state index is 12.2. The van der Waals surface area contributed by atoms with Crippen LogP contribution in [0.3, 0.4) is 0 Å². The smallest absolute Gasteiger partial charge is 0.410 e. The number of piperidine rings is 1. The van der Waals surface area contributed by atoms with Gasteiger partial charge in [0.2, 0.25) is 11.7 Å². The Balaban J connectivity index is 1.69. The van der Waals surface area contributed by atoms with E-state index in [2.05, 4.69) is 15.1 Å². The molecule has 0 N–H and O–H groups in total. The molecule has 0 radical (unpaired) electrons. The highest BCUT2D eigenvalue weighted by atomic mass is 16.6. The van der Waals surface area contributed by atoms with Crippen LogP contribution >= 0.6 is 0 Å². The first-order valence-corrected chi connectivity index (χ1v) is 8.14. The van der Waals surface area contributed by atoms with E-state index in [1.807, 2.05) is 32.9 Å². The van der Waals surface area contributed by atoms with E-state index in [0.29, 0.717) is 24.8 Å². The minimum Gasteiger partial charge on any atom is -0.444 e. The highest BCUT2D eigenvalue weighted by molar-refractivity contribution is 5.68. The average molecular weight is 330 g/mol. The summed E-state index contributed by atoms with van der Waals surface area (Å²) >= 11 is 0. The monoisotopic (exact) mass is 330 g/mol. The highest BCUT2D eigenvalue weighted by Crippen LogP contribution is 2.28. The number of aromatic nitrogens is 3. The van der Waals surface area contributed by atoms with E-state index < -0.39 is 5.60 Å². The van der Waals surface area contributed by atoms with Crippen LogP contribution in [0.5, 0.6) is 0 Å². The van der Waals surface area contributed by atoms with Crippen molar-refractivity contribution in [3.8, 4) is 11.4 Å². The fraction of sp³-hybridized carbons (Fsp3) is 0.529. The van der Waals surface area contributed by atoms with Gasteiger partial charge in [0, 0.05) is 31.0 Å². The molecule has 0 bridgehead atoms. The lowest BCUT2D eigenvalue weighted by Gasteiger charge is -2.32. The molecule has 128 valence electrons. The quantitative estimate of drug-likeness (QED) is 0.841. The lowest BCUT2D eigenvalue weighted by Crippen LogP contribution is -2.42. The van der Waals surface area contributed by atoms with Crippen molar-refractivity contribution in [2.75, 3.05) is 13.1 Å². The third-order valence-electron chi connectivity index (χ3n) is 3.80. The van der Waals surface area contributed by atoms with Gasteiger partial charge >= 0.3 is 6.09 Å². The molecule has 1 aliphatic rings. The van der Waals surface area contributed by atoms with Gasteiger partial charge in [-0.2, -0.15) is 4.98 Å². The van der Waals surface area contributed by atoms with Crippen molar-refractivity contribution in [1.29, 1.82) is 0 Å². The topological polar surface area (TPSA) is 81.4 Å². The van der Waals surface area contributed by atoms with Gasteiger partial charge in [-0.05, 0) is 45.7 Å². The molecule has 0 spiro atoms. The van der Waals surface area contributed by atoms with E-state index in [1.165, 1.54) is 0 Å². The van der Waals surface area contributed by atoms with Crippen molar-refractivity contribution < 1.29 is 14.1 Å². The number of pyridine rings is 1. The van der Waals surface area contributed by atoms with Gasteiger partial charge in [-0.1, -0.05) is 5.16 Å². The number of carbonyl (C=O) groups is 1. The maximum Gasteiger partial charge on any atom is 0.410 e. The molecule has 1 aliphatic heterocycles. The fourth-order valence-electron chi connectivity index (χ4n) is 2.69. The molecular formula is C17H22N4O3. The zero-order valence-corrected chi connectivity index (χ0v) is 14.2. The summed E-state index contributed by atoms with van der Waals surface area (Å²) in [7, 11) is 0. The molecule has 0 unspecified atom stereocenters. The third kappa shape index (κ3) is 3.90. The highest BCUT2D eigenvalue weighted by Gasteiger charge is 2.31. The van der Waals surface area contributed by atoms with E-state index in [9.17, 15) is 4.79 Å². The summed E-state index contributed by atoms with van der Waals surface area (Å²) in [6.07, 6.45) is 4.89. The summed E-state index contributed by atoms with van der Waals surface area (Å²) in [6.45, 7) is 6.83. The third-order valence-corrected chi connectivity index (χ3v) is 3.80. The molecule has 3 rings (SSSR count). The summed E-state index contributed by atoms with van der Waals surface area (Å²) in [4.78, 5) is 22.4. The minimum absolute atomic E-state index is 0.0364. The minimum atomic E-state index is -0.497. The van der Waals surface area contributed by atoms with Gasteiger partial charge in [-0.15, -0.1) is 0 Å². The largest absolute Gasteiger partial charge is 0.444 e. The van der Waals surface area contributed by atoms with Gasteiger partial charge < -0.3 is 14.2 Å². The summed E-state index contributed by atoms with van der Waals surface area (Å²) in [5.41, 5.74) is 0.364. The summed E-state index contributed by atoms with van der Waals surface area (Å²) in [5.74, 6) is 1.14. The number of amides is 1. The molecule has 1 fully saturated rings. The zero-order chi connectivity index (χ0) is 17.2. The Bertz CT molecular complexity index is 693. The van der Waals surface area contributed by atoms with Crippen molar-refractivity contribution in [3.63, 3.8) is 0 Å². The molecule has 1 saturated heterocycles. The molecule has 24 heavy (non-hydrogen) atoms. The van der Waals surface area contributed by atoms with E-state index in [1.54, 1.807) is 17.3 Å². The zero-order valence-electron chi connectivity index (χ0n) is 14.2. The summed E-state index contributed by atoms with van der Waals surface area (Å²) < 4.78 is 10.9. The van der Waals surface area contributed by atoms with Gasteiger partial charge in [0.15, 0.2) is 0 Å². The number of carbonyl (C=O) groups excluding carboxylic acids is 1. The Morgan fingerprint density at radius 3 is 2.79 bits per heavy atom. The number of nitrogens with zero attached hydrogens (tertiary/aromatic N) is 4. The number of likely N-dealkylation sites (tertiary alicyclic amines) is 1. The molecule has 0 aliphatic carbocycles. The van der Waals surface area contributed by atoms with Crippen molar-refractivity contribution in [2.24, 2.45) is 0 Å². The number of hydrogen-bond donors (Lipinski definition) is 0. The van der Waals surface area contributed by atoms with Crippen LogP contribution in [0.1, 0.15) is 45.4 Å². The van der Waals surface area contributed by atoms with Crippen LogP contribution in [-0.2, 0) is 4.74 Å². The lowest BCUT2D eigenvalue weighted by molar-refractivity contribution is 0.0189. The molecule has 3 heterocycles. The predicted octanol–water partition coefficient (Wildman–Crippen LogP) is 3.25. The van der Waals surface area contributed by atoms with Crippen LogP contribution in [0.4, 0.5) is 4.79 Å². The first kappa shape index (κ1) is 16.4. The molecule has 0 aromatic carbocycles. The standard InChI is InChI=1S/C17H22N4O3/c1-17(2,3)23-16(22)21-10-4-5-13(11-21)15-19-14(20-24-15)12-6-8-18-9-7-12/h6-9,13H,4-5,10-11H2,1-3H3/t13-/m0/s1. The van der Waals surface area contributed by atoms with Crippen LogP contribution in [0.25, 0.3) is 11.4 Å². The second kappa shape index (κ2) is 6.59. The molecular weight excluding hydrogens is 308 g/mol. The van der Waals surface area contributed by atoms with Crippen LogP contribution in [0, 0.1) is 0 Å². The van der Waals surface area contributed by atoms with Crippen LogP contribution < -0.4 is 0 Å². The van der Waals surface area contributed by atoms with Crippen molar-refractivity contribution >= 4 is 6.09 Å². The molecule has 1 amide bonds. The Morgan fingerprint density at radius 2 is 2.08 bits per heavy atom. The average Bonchev–Trinajstić information content (AvgIpc) is 3.04. The normalized spacial score (nSPS) is 18.5. The van der Waals surface area contributed by atoms with Gasteiger partial charge in [0.25, 0.3) is 0 Å². The molecule has 7 heteroatoms. The SMILES string of the molecule is CC(C)(C)OC(=O)N1CCC[C@H](c2nc(-c3ccncc3)no2)C1. The second-order valence-electron chi connectivity index (χ2n) is 6.96. The summed E-state index contributed by atoms with van der Waals surface area (Å²) in [5, 5.41) is 4.04. The van der Waals surface area contributed by atoms with Gasteiger partial charge in [0.05, 0.1) is 5.92 Å². The molecule has 1 atom stereocenters. The lowest BCUT2D eigenvalue weighted by atomic mass is 9.98. The Hall–Kier alpha value is -2.44.